The minimum atomic E-state index is -1.09. The van der Waals surface area contributed by atoms with Crippen LogP contribution >= 0.6 is 0 Å². The molecule has 1 rings (SSSR count). The summed E-state index contributed by atoms with van der Waals surface area (Å²) in [5.41, 5.74) is 0.875. The summed E-state index contributed by atoms with van der Waals surface area (Å²) in [5.74, 6) is 0. The van der Waals surface area contributed by atoms with E-state index in [4.69, 9.17) is 9.84 Å². The van der Waals surface area contributed by atoms with E-state index in [1.165, 1.54) is 0 Å². The number of ether oxygens (including phenoxy) is 2. The van der Waals surface area contributed by atoms with Gasteiger partial charge >= 0.3 is 6.16 Å². The average Bonchev–Trinajstić information content (AvgIpc) is 2.27. The molecular formula is C11H14O4Sc. The first-order chi connectivity index (χ1) is 7.22. The van der Waals surface area contributed by atoms with Crippen molar-refractivity contribution in [2.24, 2.45) is 0 Å². The number of hydrogen-bond acceptors (Lipinski definition) is 4. The molecule has 1 N–H and O–H groups in total. The van der Waals surface area contributed by atoms with Crippen LogP contribution in [-0.2, 0) is 41.9 Å². The smallest absolute Gasteiger partial charge is 0.429 e. The first-order valence-electron chi connectivity index (χ1n) is 4.77. The molecule has 0 aliphatic carbocycles. The molecule has 1 aromatic rings. The first kappa shape index (κ1) is 15.3. The van der Waals surface area contributed by atoms with Crippen LogP contribution in [-0.4, -0.2) is 17.6 Å². The second-order valence-electron chi connectivity index (χ2n) is 3.01. The molecule has 0 aromatic heterocycles. The number of carbonyl (C=O) groups is 1. The van der Waals surface area contributed by atoms with Crippen LogP contribution in [0.15, 0.2) is 30.3 Å². The fourth-order valence-electron chi connectivity index (χ4n) is 0.945. The molecule has 85 valence electrons. The normalized spacial score (nSPS) is 11.1. The molecule has 16 heavy (non-hydrogen) atoms. The van der Waals surface area contributed by atoms with Crippen molar-refractivity contribution in [3.63, 3.8) is 0 Å². The Kier molecular flexibility index (Phi) is 8.11. The van der Waals surface area contributed by atoms with Crippen molar-refractivity contribution in [2.75, 3.05) is 0 Å². The van der Waals surface area contributed by atoms with Crippen LogP contribution in [0.3, 0.4) is 0 Å². The van der Waals surface area contributed by atoms with E-state index in [2.05, 4.69) is 4.74 Å². The van der Waals surface area contributed by atoms with Gasteiger partial charge in [0.15, 0.2) is 0 Å². The summed E-state index contributed by atoms with van der Waals surface area (Å²) in [4.78, 5) is 11.0. The molecule has 0 amide bonds. The molecule has 1 aromatic carbocycles. The number of carbonyl (C=O) groups excluding carboxylic acids is 1. The van der Waals surface area contributed by atoms with Gasteiger partial charge in [-0.2, -0.15) is 0 Å². The van der Waals surface area contributed by atoms with Gasteiger partial charge in [0.25, 0.3) is 0 Å². The van der Waals surface area contributed by atoms with Crippen molar-refractivity contribution in [3.8, 4) is 0 Å². The Morgan fingerprint density at radius 1 is 1.38 bits per heavy atom. The van der Waals surface area contributed by atoms with E-state index in [1.807, 2.05) is 30.3 Å². The Bertz CT molecular complexity index is 302. The fraction of sp³-hybridized carbons (Fsp3) is 0.364. The number of benzene rings is 1. The van der Waals surface area contributed by atoms with Gasteiger partial charge in [0.1, 0.15) is 6.61 Å². The Morgan fingerprint density at radius 2 is 2.00 bits per heavy atom. The fourth-order valence-corrected chi connectivity index (χ4v) is 0.945. The minimum absolute atomic E-state index is 0. The third-order valence-electron chi connectivity index (χ3n) is 1.78. The quantitative estimate of drug-likeness (QED) is 0.661. The van der Waals surface area contributed by atoms with Crippen molar-refractivity contribution in [1.29, 1.82) is 0 Å². The van der Waals surface area contributed by atoms with E-state index >= 15 is 0 Å². The number of aliphatic hydroxyl groups is 1. The van der Waals surface area contributed by atoms with Crippen LogP contribution in [0, 0.1) is 0 Å². The summed E-state index contributed by atoms with van der Waals surface area (Å²) in [6.07, 6.45) is -1.60. The summed E-state index contributed by atoms with van der Waals surface area (Å²) >= 11 is 0. The Hall–Kier alpha value is -0.680. The zero-order valence-electron chi connectivity index (χ0n) is 9.13. The van der Waals surface area contributed by atoms with Gasteiger partial charge in [0.2, 0.25) is 6.29 Å². The molecular weight excluding hydrogens is 241 g/mol. The molecule has 0 saturated carbocycles. The maximum Gasteiger partial charge on any atom is 0.510 e. The summed E-state index contributed by atoms with van der Waals surface area (Å²) < 4.78 is 9.30. The summed E-state index contributed by atoms with van der Waals surface area (Å²) in [6.45, 7) is 1.85. The van der Waals surface area contributed by atoms with E-state index in [1.54, 1.807) is 6.92 Å². The van der Waals surface area contributed by atoms with Gasteiger partial charge < -0.3 is 14.6 Å². The molecule has 0 aliphatic rings. The van der Waals surface area contributed by atoms with Gasteiger partial charge in [0.05, 0.1) is 0 Å². The van der Waals surface area contributed by atoms with E-state index in [-0.39, 0.29) is 32.5 Å². The largest absolute Gasteiger partial charge is 0.510 e. The van der Waals surface area contributed by atoms with Gasteiger partial charge in [-0.15, -0.1) is 0 Å². The van der Waals surface area contributed by atoms with Crippen molar-refractivity contribution >= 4 is 6.16 Å². The molecule has 0 bridgehead atoms. The molecule has 4 nitrogen and oxygen atoms in total. The average molecular weight is 255 g/mol. The monoisotopic (exact) mass is 255 g/mol. The predicted molar refractivity (Wildman–Crippen MR) is 54.0 cm³/mol. The van der Waals surface area contributed by atoms with E-state index in [9.17, 15) is 4.79 Å². The van der Waals surface area contributed by atoms with Gasteiger partial charge in [-0.05, 0) is 5.56 Å². The molecule has 0 heterocycles. The van der Waals surface area contributed by atoms with Crippen LogP contribution in [0.25, 0.3) is 0 Å². The minimum Gasteiger partial charge on any atom is -0.429 e. The number of rotatable bonds is 4. The molecule has 1 radical (unpaired) electrons. The second kappa shape index (κ2) is 8.47. The van der Waals surface area contributed by atoms with Crippen molar-refractivity contribution < 1.29 is 45.2 Å². The van der Waals surface area contributed by atoms with Crippen molar-refractivity contribution in [2.45, 2.75) is 26.2 Å². The number of aliphatic hydroxyl groups excluding tert-OH is 1. The van der Waals surface area contributed by atoms with Crippen molar-refractivity contribution in [3.05, 3.63) is 35.9 Å². The van der Waals surface area contributed by atoms with Gasteiger partial charge in [-0.3, -0.25) is 0 Å². The van der Waals surface area contributed by atoms with Crippen molar-refractivity contribution in [1.82, 2.24) is 0 Å². The topological polar surface area (TPSA) is 55.8 Å². The molecule has 1 unspecified atom stereocenters. The summed E-state index contributed by atoms with van der Waals surface area (Å²) in [6, 6.07) is 9.26. The standard InChI is InChI=1S/C11H14O4.Sc/c1-2-10(12)15-11(13)14-8-9-6-4-3-5-7-9;/h3-7,10,12H,2,8H2,1H3;. The number of hydrogen-bond donors (Lipinski definition) is 1. The molecule has 0 spiro atoms. The zero-order chi connectivity index (χ0) is 11.1. The Labute approximate surface area is 113 Å². The third-order valence-corrected chi connectivity index (χ3v) is 1.78. The van der Waals surface area contributed by atoms with Crippen LogP contribution in [0.5, 0.6) is 0 Å². The van der Waals surface area contributed by atoms with E-state index < -0.39 is 12.4 Å². The zero-order valence-corrected chi connectivity index (χ0v) is 10.9. The van der Waals surface area contributed by atoms with Crippen LogP contribution < -0.4 is 0 Å². The van der Waals surface area contributed by atoms with E-state index in [0.717, 1.165) is 5.56 Å². The Balaban J connectivity index is 0.00000225. The SMILES string of the molecule is CCC(O)OC(=O)OCc1ccccc1.[Sc]. The second-order valence-corrected chi connectivity index (χ2v) is 3.01. The van der Waals surface area contributed by atoms with Gasteiger partial charge in [-0.1, -0.05) is 37.3 Å². The van der Waals surface area contributed by atoms with Crippen LogP contribution in [0.2, 0.25) is 0 Å². The molecule has 0 fully saturated rings. The summed E-state index contributed by atoms with van der Waals surface area (Å²) in [7, 11) is 0. The summed E-state index contributed by atoms with van der Waals surface area (Å²) in [5, 5.41) is 9.00. The molecule has 5 heteroatoms. The van der Waals surface area contributed by atoms with E-state index in [0.29, 0.717) is 6.42 Å². The van der Waals surface area contributed by atoms with Crippen LogP contribution in [0.4, 0.5) is 4.79 Å². The third kappa shape index (κ3) is 6.02. The van der Waals surface area contributed by atoms with Gasteiger partial charge in [-0.25, -0.2) is 4.79 Å². The molecule has 0 saturated heterocycles. The van der Waals surface area contributed by atoms with Gasteiger partial charge in [0, 0.05) is 32.3 Å². The maximum atomic E-state index is 11.0. The maximum absolute atomic E-state index is 11.0. The first-order valence-corrected chi connectivity index (χ1v) is 4.77. The predicted octanol–water partition coefficient (Wildman–Crippen LogP) is 2.07. The molecule has 0 aliphatic heterocycles. The molecule has 1 atom stereocenters. The van der Waals surface area contributed by atoms with Crippen LogP contribution in [0.1, 0.15) is 18.9 Å². The Morgan fingerprint density at radius 3 is 2.56 bits per heavy atom.